The van der Waals surface area contributed by atoms with Crippen LogP contribution in [0.25, 0.3) is 10.8 Å². The van der Waals surface area contributed by atoms with Crippen LogP contribution in [0.15, 0.2) is 48.8 Å². The van der Waals surface area contributed by atoms with Crippen LogP contribution in [0.3, 0.4) is 0 Å². The number of aromatic nitrogens is 1. The molecular formula is C28H36BN5O2. The second-order valence-corrected chi connectivity index (χ2v) is 9.71. The molecule has 1 unspecified atom stereocenters. The molecule has 0 radical (unpaired) electrons. The van der Waals surface area contributed by atoms with Crippen molar-refractivity contribution in [1.82, 2.24) is 14.8 Å². The standard InChI is InChI=1S/C28H36BN5O2/c1-3-11-33(12-4-2)27(35)23-14-20(29)15-25(30)26(23)32-21-9-7-13-34(18-21)28(36)24-17-31-16-19-8-5-6-10-22(19)24/h5-6,8,10,14-17,21,32H,3-4,7,9,11-13,18,29-30H2,1-2H3. The second kappa shape index (κ2) is 11.5. The Kier molecular flexibility index (Phi) is 8.13. The Morgan fingerprint density at radius 3 is 2.64 bits per heavy atom. The number of nitrogens with one attached hydrogen (secondary N) is 1. The summed E-state index contributed by atoms with van der Waals surface area (Å²) in [4.78, 5) is 35.1. The minimum Gasteiger partial charge on any atom is -0.397 e. The molecule has 0 spiro atoms. The molecule has 0 aliphatic carbocycles. The first-order chi connectivity index (χ1) is 17.4. The van der Waals surface area contributed by atoms with Crippen molar-refractivity contribution in [2.75, 3.05) is 37.2 Å². The van der Waals surface area contributed by atoms with E-state index in [1.54, 1.807) is 12.4 Å². The van der Waals surface area contributed by atoms with Gasteiger partial charge >= 0.3 is 0 Å². The topological polar surface area (TPSA) is 91.6 Å². The lowest BCUT2D eigenvalue weighted by molar-refractivity contribution is 0.0713. The molecular weight excluding hydrogens is 449 g/mol. The van der Waals surface area contributed by atoms with E-state index in [9.17, 15) is 9.59 Å². The molecule has 36 heavy (non-hydrogen) atoms. The third-order valence-corrected chi connectivity index (χ3v) is 6.77. The molecule has 0 bridgehead atoms. The fraction of sp³-hybridized carbons (Fsp3) is 0.393. The molecule has 0 saturated carbocycles. The molecule has 7 nitrogen and oxygen atoms in total. The van der Waals surface area contributed by atoms with E-state index >= 15 is 0 Å². The lowest BCUT2D eigenvalue weighted by Gasteiger charge is -2.35. The number of nitrogens with zero attached hydrogens (tertiary/aromatic N) is 3. The van der Waals surface area contributed by atoms with Crippen LogP contribution in [0.4, 0.5) is 11.4 Å². The van der Waals surface area contributed by atoms with Gasteiger partial charge in [0.1, 0.15) is 7.85 Å². The van der Waals surface area contributed by atoms with Gasteiger partial charge in [0.2, 0.25) is 0 Å². The fourth-order valence-corrected chi connectivity index (χ4v) is 5.11. The first kappa shape index (κ1) is 25.5. The number of hydrogen-bond donors (Lipinski definition) is 2. The number of fused-ring (bicyclic) bond motifs is 1. The first-order valence-electron chi connectivity index (χ1n) is 13.0. The van der Waals surface area contributed by atoms with Gasteiger partial charge in [-0.3, -0.25) is 14.6 Å². The van der Waals surface area contributed by atoms with Gasteiger partial charge in [-0.2, -0.15) is 0 Å². The van der Waals surface area contributed by atoms with E-state index in [0.29, 0.717) is 48.7 Å². The van der Waals surface area contributed by atoms with Crippen LogP contribution in [0, 0.1) is 0 Å². The summed E-state index contributed by atoms with van der Waals surface area (Å²) in [5, 5.41) is 5.42. The predicted molar refractivity (Wildman–Crippen MR) is 150 cm³/mol. The Labute approximate surface area is 214 Å². The van der Waals surface area contributed by atoms with E-state index in [1.165, 1.54) is 0 Å². The van der Waals surface area contributed by atoms with Crippen molar-refractivity contribution in [2.45, 2.75) is 45.6 Å². The highest BCUT2D eigenvalue weighted by atomic mass is 16.2. The average Bonchev–Trinajstić information content (AvgIpc) is 2.89. The number of piperidine rings is 1. The summed E-state index contributed by atoms with van der Waals surface area (Å²) < 4.78 is 0. The summed E-state index contributed by atoms with van der Waals surface area (Å²) in [6.07, 6.45) is 7.01. The summed E-state index contributed by atoms with van der Waals surface area (Å²) in [5.74, 6) is -0.0155. The minimum atomic E-state index is -0.0176. The minimum absolute atomic E-state index is 0.00201. The molecule has 3 aromatic rings. The number of benzene rings is 2. The first-order valence-corrected chi connectivity index (χ1v) is 13.0. The van der Waals surface area contributed by atoms with Gasteiger partial charge in [0, 0.05) is 50.0 Å². The van der Waals surface area contributed by atoms with Gasteiger partial charge in [0.25, 0.3) is 11.8 Å². The summed E-state index contributed by atoms with van der Waals surface area (Å²) >= 11 is 0. The van der Waals surface area contributed by atoms with Crippen LogP contribution < -0.4 is 16.5 Å². The molecule has 4 rings (SSSR count). The molecule has 2 amide bonds. The van der Waals surface area contributed by atoms with Gasteiger partial charge in [-0.05, 0) is 37.1 Å². The maximum absolute atomic E-state index is 13.5. The Bertz CT molecular complexity index is 1240. The molecule has 1 atom stereocenters. The quantitative estimate of drug-likeness (QED) is 0.378. The van der Waals surface area contributed by atoms with E-state index in [1.807, 2.05) is 54.0 Å². The van der Waals surface area contributed by atoms with Crippen molar-refractivity contribution in [1.29, 1.82) is 0 Å². The smallest absolute Gasteiger partial charge is 0.256 e. The number of carbonyl (C=O) groups excluding carboxylic acids is 2. The van der Waals surface area contributed by atoms with E-state index in [0.717, 1.165) is 41.9 Å². The molecule has 2 heterocycles. The molecule has 8 heteroatoms. The molecule has 1 fully saturated rings. The zero-order valence-electron chi connectivity index (χ0n) is 21.6. The van der Waals surface area contributed by atoms with E-state index in [-0.39, 0.29) is 17.9 Å². The molecule has 1 aliphatic heterocycles. The van der Waals surface area contributed by atoms with Crippen molar-refractivity contribution >= 4 is 47.3 Å². The number of nitrogens with two attached hydrogens (primary N) is 1. The summed E-state index contributed by atoms with van der Waals surface area (Å²) in [6, 6.07) is 11.6. The van der Waals surface area contributed by atoms with Gasteiger partial charge in [0.05, 0.1) is 22.5 Å². The van der Waals surface area contributed by atoms with Crippen LogP contribution in [0.5, 0.6) is 0 Å². The Balaban J connectivity index is 1.57. The van der Waals surface area contributed by atoms with E-state index in [2.05, 4.69) is 24.1 Å². The largest absolute Gasteiger partial charge is 0.397 e. The molecule has 3 N–H and O–H groups in total. The van der Waals surface area contributed by atoms with Crippen LogP contribution >= 0.6 is 0 Å². The van der Waals surface area contributed by atoms with Crippen LogP contribution in [0.2, 0.25) is 0 Å². The zero-order chi connectivity index (χ0) is 25.7. The van der Waals surface area contributed by atoms with Crippen LogP contribution in [0.1, 0.15) is 60.2 Å². The van der Waals surface area contributed by atoms with Gasteiger partial charge in [-0.15, -0.1) is 0 Å². The van der Waals surface area contributed by atoms with Gasteiger partial charge in [0.15, 0.2) is 0 Å². The summed E-state index contributed by atoms with van der Waals surface area (Å²) in [5.41, 5.74) is 9.87. The number of amides is 2. The van der Waals surface area contributed by atoms with Crippen molar-refractivity contribution in [3.63, 3.8) is 0 Å². The van der Waals surface area contributed by atoms with Crippen molar-refractivity contribution < 1.29 is 9.59 Å². The number of anilines is 2. The maximum Gasteiger partial charge on any atom is 0.256 e. The second-order valence-electron chi connectivity index (χ2n) is 9.71. The highest BCUT2D eigenvalue weighted by molar-refractivity contribution is 6.33. The number of likely N-dealkylation sites (tertiary alicyclic amines) is 1. The molecule has 1 saturated heterocycles. The van der Waals surface area contributed by atoms with Crippen LogP contribution in [-0.4, -0.2) is 66.7 Å². The monoisotopic (exact) mass is 485 g/mol. The zero-order valence-corrected chi connectivity index (χ0v) is 21.6. The Morgan fingerprint density at radius 1 is 1.14 bits per heavy atom. The van der Waals surface area contributed by atoms with Gasteiger partial charge in [-0.1, -0.05) is 49.6 Å². The molecule has 188 valence electrons. The third kappa shape index (κ3) is 5.48. The highest BCUT2D eigenvalue weighted by Crippen LogP contribution is 2.28. The SMILES string of the molecule is Bc1cc(N)c(NC2CCCN(C(=O)c3cncc4ccccc34)C2)c(C(=O)N(CCC)CCC)c1. The lowest BCUT2D eigenvalue weighted by Crippen LogP contribution is -2.45. The number of nitrogen functional groups attached to an aromatic ring is 1. The number of pyridine rings is 1. The highest BCUT2D eigenvalue weighted by Gasteiger charge is 2.28. The number of hydrogen-bond acceptors (Lipinski definition) is 5. The molecule has 2 aromatic carbocycles. The lowest BCUT2D eigenvalue weighted by atomic mass is 9.91. The van der Waals surface area contributed by atoms with E-state index in [4.69, 9.17) is 5.73 Å². The van der Waals surface area contributed by atoms with Crippen molar-refractivity contribution in [2.24, 2.45) is 0 Å². The molecule has 1 aliphatic rings. The number of rotatable bonds is 8. The van der Waals surface area contributed by atoms with Crippen LogP contribution in [-0.2, 0) is 0 Å². The fourth-order valence-electron chi connectivity index (χ4n) is 5.11. The van der Waals surface area contributed by atoms with Crippen molar-refractivity contribution in [3.05, 3.63) is 59.9 Å². The Hall–Kier alpha value is -3.55. The maximum atomic E-state index is 13.5. The van der Waals surface area contributed by atoms with E-state index < -0.39 is 0 Å². The van der Waals surface area contributed by atoms with Gasteiger partial charge in [-0.25, -0.2) is 0 Å². The molecule has 1 aromatic heterocycles. The summed E-state index contributed by atoms with van der Waals surface area (Å²) in [7, 11) is 1.96. The van der Waals surface area contributed by atoms with Crippen molar-refractivity contribution in [3.8, 4) is 0 Å². The average molecular weight is 485 g/mol. The number of carbonyl (C=O) groups is 2. The predicted octanol–water partition coefficient (Wildman–Crippen LogP) is 3.05. The third-order valence-electron chi connectivity index (χ3n) is 6.77. The normalized spacial score (nSPS) is 15.6. The van der Waals surface area contributed by atoms with Gasteiger partial charge < -0.3 is 20.9 Å². The summed E-state index contributed by atoms with van der Waals surface area (Å²) in [6.45, 7) is 6.82. The Morgan fingerprint density at radius 2 is 1.89 bits per heavy atom.